The van der Waals surface area contributed by atoms with E-state index in [-0.39, 0.29) is 43.7 Å². The number of carbonyl (C=O) groups excluding carboxylic acids is 2. The molecule has 4 rings (SSSR count). The lowest BCUT2D eigenvalue weighted by molar-refractivity contribution is -0.143. The van der Waals surface area contributed by atoms with Crippen molar-refractivity contribution in [3.8, 4) is 5.75 Å². The lowest BCUT2D eigenvalue weighted by atomic mass is 10.2. The summed E-state index contributed by atoms with van der Waals surface area (Å²) >= 11 is 0. The van der Waals surface area contributed by atoms with Gasteiger partial charge in [-0.25, -0.2) is 4.79 Å². The molecule has 0 aliphatic carbocycles. The minimum absolute atomic E-state index is 0.0363. The fourth-order valence-electron chi connectivity index (χ4n) is 3.41. The van der Waals surface area contributed by atoms with Crippen molar-refractivity contribution >= 4 is 28.6 Å². The molecule has 0 unspecified atom stereocenters. The zero-order chi connectivity index (χ0) is 20.2. The van der Waals surface area contributed by atoms with Crippen molar-refractivity contribution in [3.63, 3.8) is 0 Å². The molecule has 3 aromatic rings. The first-order valence-corrected chi connectivity index (χ1v) is 9.49. The molecule has 0 saturated heterocycles. The van der Waals surface area contributed by atoms with Crippen molar-refractivity contribution in [3.05, 3.63) is 59.0 Å². The van der Waals surface area contributed by atoms with Gasteiger partial charge in [-0.05, 0) is 30.7 Å². The lowest BCUT2D eigenvalue weighted by Gasteiger charge is -2.28. The van der Waals surface area contributed by atoms with E-state index in [0.717, 1.165) is 11.0 Å². The number of aromatic nitrogens is 2. The summed E-state index contributed by atoms with van der Waals surface area (Å²) in [5.41, 5.74) is 2.09. The number of para-hydroxylation sites is 4. The number of imidazole rings is 1. The number of nitrogens with one attached hydrogen (secondary N) is 1. The minimum atomic E-state index is -0.381. The molecule has 1 aromatic heterocycles. The zero-order valence-corrected chi connectivity index (χ0v) is 15.8. The van der Waals surface area contributed by atoms with Crippen LogP contribution in [0.2, 0.25) is 0 Å². The fourth-order valence-corrected chi connectivity index (χ4v) is 3.41. The van der Waals surface area contributed by atoms with Crippen LogP contribution in [0.15, 0.2) is 53.3 Å². The first kappa shape index (κ1) is 18.8. The van der Waals surface area contributed by atoms with Gasteiger partial charge in [-0.15, -0.1) is 0 Å². The van der Waals surface area contributed by atoms with E-state index in [2.05, 4.69) is 4.98 Å². The summed E-state index contributed by atoms with van der Waals surface area (Å²) in [5, 5.41) is 0. The number of fused-ring (bicyclic) bond motifs is 2. The molecule has 1 N–H and O–H groups in total. The summed E-state index contributed by atoms with van der Waals surface area (Å²) in [4.78, 5) is 40.6. The van der Waals surface area contributed by atoms with Crippen LogP contribution in [0, 0.1) is 0 Å². The van der Waals surface area contributed by atoms with Gasteiger partial charge in [0.1, 0.15) is 5.75 Å². The predicted molar refractivity (Wildman–Crippen MR) is 107 cm³/mol. The highest BCUT2D eigenvalue weighted by atomic mass is 16.5. The van der Waals surface area contributed by atoms with Crippen LogP contribution in [-0.4, -0.2) is 41.2 Å². The van der Waals surface area contributed by atoms with E-state index < -0.39 is 0 Å². The molecule has 8 heteroatoms. The minimum Gasteiger partial charge on any atom is -0.482 e. The largest absolute Gasteiger partial charge is 0.482 e. The molecule has 0 saturated carbocycles. The summed E-state index contributed by atoms with van der Waals surface area (Å²) in [6.45, 7) is 0.856. The molecule has 1 aliphatic rings. The van der Waals surface area contributed by atoms with Gasteiger partial charge < -0.3 is 19.4 Å². The maximum atomic E-state index is 12.1. The van der Waals surface area contributed by atoms with Crippen LogP contribution in [0.1, 0.15) is 12.8 Å². The summed E-state index contributed by atoms with van der Waals surface area (Å²) < 4.78 is 12.3. The summed E-state index contributed by atoms with van der Waals surface area (Å²) in [7, 11) is 0. The average Bonchev–Trinajstić information content (AvgIpc) is 3.05. The van der Waals surface area contributed by atoms with Crippen molar-refractivity contribution in [2.24, 2.45) is 0 Å². The topological polar surface area (TPSA) is 93.6 Å². The Morgan fingerprint density at radius 2 is 1.86 bits per heavy atom. The second kappa shape index (κ2) is 8.22. The number of hydrogen-bond acceptors (Lipinski definition) is 5. The second-order valence-corrected chi connectivity index (χ2v) is 6.72. The highest BCUT2D eigenvalue weighted by molar-refractivity contribution is 5.98. The Kier molecular flexibility index (Phi) is 5.33. The Balaban J connectivity index is 1.26. The van der Waals surface area contributed by atoms with Crippen LogP contribution in [-0.2, 0) is 20.9 Å². The SMILES string of the molecule is O=C(CCN1C(=O)COc2ccccc21)OCCCn1c(=O)[nH]c2ccccc21. The van der Waals surface area contributed by atoms with Crippen LogP contribution in [0.3, 0.4) is 0 Å². The third kappa shape index (κ3) is 4.01. The third-order valence-corrected chi connectivity index (χ3v) is 4.82. The highest BCUT2D eigenvalue weighted by Crippen LogP contribution is 2.31. The van der Waals surface area contributed by atoms with Crippen LogP contribution in [0.25, 0.3) is 11.0 Å². The van der Waals surface area contributed by atoms with Gasteiger partial charge >= 0.3 is 11.7 Å². The van der Waals surface area contributed by atoms with Crippen LogP contribution < -0.4 is 15.3 Å². The molecule has 0 radical (unpaired) electrons. The van der Waals surface area contributed by atoms with Gasteiger partial charge in [0, 0.05) is 13.1 Å². The lowest BCUT2D eigenvalue weighted by Crippen LogP contribution is -2.40. The fraction of sp³-hybridized carbons (Fsp3) is 0.286. The van der Waals surface area contributed by atoms with Gasteiger partial charge in [0.05, 0.1) is 29.7 Å². The average molecular weight is 395 g/mol. The Morgan fingerprint density at radius 1 is 1.07 bits per heavy atom. The molecule has 150 valence electrons. The number of nitrogens with zero attached hydrogens (tertiary/aromatic N) is 2. The van der Waals surface area contributed by atoms with Gasteiger partial charge in [-0.3, -0.25) is 14.2 Å². The van der Waals surface area contributed by atoms with E-state index in [4.69, 9.17) is 9.47 Å². The molecule has 0 atom stereocenters. The number of amides is 1. The van der Waals surface area contributed by atoms with E-state index in [1.54, 1.807) is 21.6 Å². The van der Waals surface area contributed by atoms with Crippen molar-refractivity contribution < 1.29 is 19.1 Å². The number of ether oxygens (including phenoxy) is 2. The van der Waals surface area contributed by atoms with E-state index in [1.807, 2.05) is 36.4 Å². The molecule has 0 spiro atoms. The number of esters is 1. The molecular weight excluding hydrogens is 374 g/mol. The highest BCUT2D eigenvalue weighted by Gasteiger charge is 2.25. The molecule has 2 aromatic carbocycles. The summed E-state index contributed by atoms with van der Waals surface area (Å²) in [6, 6.07) is 14.7. The summed E-state index contributed by atoms with van der Waals surface area (Å²) in [6.07, 6.45) is 0.611. The van der Waals surface area contributed by atoms with E-state index in [9.17, 15) is 14.4 Å². The number of hydrogen-bond donors (Lipinski definition) is 1. The molecule has 2 heterocycles. The zero-order valence-electron chi connectivity index (χ0n) is 15.8. The molecular formula is C21H21N3O5. The second-order valence-electron chi connectivity index (χ2n) is 6.72. The number of H-pyrrole nitrogens is 1. The normalized spacial score (nSPS) is 13.2. The smallest absolute Gasteiger partial charge is 0.326 e. The van der Waals surface area contributed by atoms with Crippen molar-refractivity contribution in [2.75, 3.05) is 24.7 Å². The predicted octanol–water partition coefficient (Wildman–Crippen LogP) is 2.08. The van der Waals surface area contributed by atoms with E-state index in [1.165, 1.54) is 0 Å². The number of aryl methyl sites for hydroxylation is 1. The Hall–Kier alpha value is -3.55. The van der Waals surface area contributed by atoms with Gasteiger partial charge in [0.2, 0.25) is 0 Å². The van der Waals surface area contributed by atoms with Crippen LogP contribution in [0.5, 0.6) is 5.75 Å². The monoisotopic (exact) mass is 395 g/mol. The first-order valence-electron chi connectivity index (χ1n) is 9.49. The van der Waals surface area contributed by atoms with Gasteiger partial charge in [0.25, 0.3) is 5.91 Å². The Morgan fingerprint density at radius 3 is 2.76 bits per heavy atom. The number of anilines is 1. The quantitative estimate of drug-likeness (QED) is 0.488. The molecule has 0 bridgehead atoms. The Bertz CT molecular complexity index is 1100. The molecule has 1 amide bonds. The van der Waals surface area contributed by atoms with Crippen molar-refractivity contribution in [2.45, 2.75) is 19.4 Å². The molecule has 29 heavy (non-hydrogen) atoms. The number of rotatable bonds is 7. The van der Waals surface area contributed by atoms with Crippen molar-refractivity contribution in [1.82, 2.24) is 9.55 Å². The number of aromatic amines is 1. The maximum absolute atomic E-state index is 12.1. The Labute approximate surface area is 166 Å². The molecule has 1 aliphatic heterocycles. The number of benzene rings is 2. The standard InChI is InChI=1S/C21H21N3O5/c25-19-14-29-18-9-4-3-8-17(18)23(19)12-10-20(26)28-13-5-11-24-16-7-2-1-6-15(16)22-21(24)27/h1-4,6-9H,5,10-14H2,(H,22,27). The van der Waals surface area contributed by atoms with Crippen LogP contribution in [0.4, 0.5) is 5.69 Å². The molecule has 8 nitrogen and oxygen atoms in total. The van der Waals surface area contributed by atoms with E-state index in [0.29, 0.717) is 24.4 Å². The summed E-state index contributed by atoms with van der Waals surface area (Å²) in [5.74, 6) is 0.0629. The van der Waals surface area contributed by atoms with Gasteiger partial charge in [-0.1, -0.05) is 24.3 Å². The maximum Gasteiger partial charge on any atom is 0.326 e. The van der Waals surface area contributed by atoms with Gasteiger partial charge in [0.15, 0.2) is 6.61 Å². The number of carbonyl (C=O) groups is 2. The third-order valence-electron chi connectivity index (χ3n) is 4.82. The van der Waals surface area contributed by atoms with Crippen molar-refractivity contribution in [1.29, 1.82) is 0 Å². The van der Waals surface area contributed by atoms with E-state index >= 15 is 0 Å². The van der Waals surface area contributed by atoms with Crippen LogP contribution >= 0.6 is 0 Å². The first-order chi connectivity index (χ1) is 14.1. The molecule has 0 fully saturated rings. The van der Waals surface area contributed by atoms with Gasteiger partial charge in [-0.2, -0.15) is 0 Å².